The molecule has 0 fully saturated rings. The first-order valence-electron chi connectivity index (χ1n) is 18.8. The fourth-order valence-corrected chi connectivity index (χ4v) is 6.37. The summed E-state index contributed by atoms with van der Waals surface area (Å²) < 4.78 is 38.7. The number of fused-ring (bicyclic) bond motifs is 6. The Balaban J connectivity index is 1.13. The number of carbonyl (C=O) groups is 4. The lowest BCUT2D eigenvalue weighted by atomic mass is 9.78. The van der Waals surface area contributed by atoms with Gasteiger partial charge in [0.15, 0.2) is 0 Å². The maximum atomic E-state index is 12.0. The van der Waals surface area contributed by atoms with Crippen LogP contribution in [0.25, 0.3) is 21.5 Å². The summed E-state index contributed by atoms with van der Waals surface area (Å²) in [6.45, 7) is 10.5. The van der Waals surface area contributed by atoms with Crippen LogP contribution in [-0.2, 0) is 28.5 Å². The number of rotatable bonds is 17. The first-order valence-corrected chi connectivity index (χ1v) is 18.8. The van der Waals surface area contributed by atoms with Crippen LogP contribution in [0.2, 0.25) is 0 Å². The minimum Gasteiger partial charge on any atom is -0.508 e. The van der Waals surface area contributed by atoms with E-state index in [4.69, 9.17) is 33.2 Å². The first-order chi connectivity index (χ1) is 28.5. The van der Waals surface area contributed by atoms with Crippen LogP contribution in [0.1, 0.15) is 36.5 Å². The summed E-state index contributed by atoms with van der Waals surface area (Å²) >= 11 is 0. The molecule has 0 saturated carbocycles. The van der Waals surface area contributed by atoms with Crippen molar-refractivity contribution in [3.63, 3.8) is 0 Å². The van der Waals surface area contributed by atoms with Crippen molar-refractivity contribution in [3.05, 3.63) is 126 Å². The second kappa shape index (κ2) is 19.3. The van der Waals surface area contributed by atoms with Crippen LogP contribution in [0.5, 0.6) is 28.7 Å². The molecule has 59 heavy (non-hydrogen) atoms. The van der Waals surface area contributed by atoms with Gasteiger partial charge in [0.1, 0.15) is 68.4 Å². The Kier molecular flexibility index (Phi) is 13.5. The van der Waals surface area contributed by atoms with Crippen molar-refractivity contribution in [1.29, 1.82) is 0 Å². The molecule has 0 aromatic heterocycles. The molecule has 0 radical (unpaired) electrons. The predicted octanol–water partition coefficient (Wildman–Crippen LogP) is 7.43. The minimum atomic E-state index is -0.660. The number of aromatic hydroxyl groups is 1. The van der Waals surface area contributed by atoms with Crippen LogP contribution in [0, 0.1) is 0 Å². The number of amides is 2. The van der Waals surface area contributed by atoms with Gasteiger partial charge in [0.2, 0.25) is 0 Å². The maximum absolute atomic E-state index is 12.0. The standard InChI is InChI=1S/C45H44N2O12/c1-27(2)42(49)55-19-17-46-44(51)57-23-21-53-33-11-13-35-30(25-33)7-15-37-40(35)39(29-5-9-32(48)10-6-29)41-36-14-12-34(26-31(36)8-16-38(41)59-37)54-22-24-58-45(52)47-18-20-56-43(50)28(3)4/h5-16,25-26,39,48H,1,3,17-24H2,2,4H3,(H,46,51)(H,47,52). The lowest BCUT2D eigenvalue weighted by Crippen LogP contribution is -2.29. The monoisotopic (exact) mass is 804 g/mol. The highest BCUT2D eigenvalue weighted by atomic mass is 16.6. The summed E-state index contributed by atoms with van der Waals surface area (Å²) in [5.74, 6) is 1.36. The van der Waals surface area contributed by atoms with Crippen LogP contribution < -0.4 is 24.8 Å². The molecule has 1 heterocycles. The van der Waals surface area contributed by atoms with E-state index in [1.165, 1.54) is 13.8 Å². The molecule has 14 heteroatoms. The van der Waals surface area contributed by atoms with Gasteiger partial charge in [-0.05, 0) is 89.5 Å². The Morgan fingerprint density at radius 2 is 1.05 bits per heavy atom. The number of phenols is 1. The summed E-state index contributed by atoms with van der Waals surface area (Å²) in [7, 11) is 0. The predicted molar refractivity (Wildman–Crippen MR) is 218 cm³/mol. The normalized spacial score (nSPS) is 11.6. The van der Waals surface area contributed by atoms with Gasteiger partial charge in [-0.3, -0.25) is 0 Å². The van der Waals surface area contributed by atoms with Gasteiger partial charge in [-0.15, -0.1) is 0 Å². The molecule has 0 saturated heterocycles. The SMILES string of the molecule is C=C(C)C(=O)OCCNC(=O)OCCOc1ccc2c3c(ccc2c1)Oc1ccc2cc(OCCOC(=O)NCCOC(=O)C(=C)C)ccc2c1C3c1ccc(O)cc1. The number of phenolic OH excluding ortho intramolecular Hbond substituents is 1. The third kappa shape index (κ3) is 10.6. The van der Waals surface area contributed by atoms with Gasteiger partial charge in [-0.25, -0.2) is 19.2 Å². The van der Waals surface area contributed by atoms with Gasteiger partial charge in [0.25, 0.3) is 0 Å². The molecule has 1 aliphatic rings. The van der Waals surface area contributed by atoms with Crippen molar-refractivity contribution in [2.75, 3.05) is 52.7 Å². The summed E-state index contributed by atoms with van der Waals surface area (Å²) in [5.41, 5.74) is 3.38. The van der Waals surface area contributed by atoms with E-state index in [0.717, 1.165) is 38.2 Å². The third-order valence-corrected chi connectivity index (χ3v) is 9.09. The highest BCUT2D eigenvalue weighted by molar-refractivity contribution is 5.96. The van der Waals surface area contributed by atoms with Crippen molar-refractivity contribution in [1.82, 2.24) is 10.6 Å². The largest absolute Gasteiger partial charge is 0.508 e. The second-order valence-corrected chi connectivity index (χ2v) is 13.5. The lowest BCUT2D eigenvalue weighted by molar-refractivity contribution is -0.139. The van der Waals surface area contributed by atoms with E-state index >= 15 is 0 Å². The van der Waals surface area contributed by atoms with Gasteiger partial charge in [0, 0.05) is 28.2 Å². The summed E-state index contributed by atoms with van der Waals surface area (Å²) in [5, 5.41) is 18.9. The summed E-state index contributed by atoms with van der Waals surface area (Å²) in [6, 6.07) is 26.4. The van der Waals surface area contributed by atoms with E-state index in [1.54, 1.807) is 12.1 Å². The molecule has 14 nitrogen and oxygen atoms in total. The van der Waals surface area contributed by atoms with Gasteiger partial charge < -0.3 is 48.9 Å². The molecule has 0 aliphatic carbocycles. The number of esters is 2. The zero-order chi connectivity index (χ0) is 41.9. The van der Waals surface area contributed by atoms with Crippen molar-refractivity contribution in [2.45, 2.75) is 19.8 Å². The van der Waals surface area contributed by atoms with Crippen molar-refractivity contribution in [3.8, 4) is 28.7 Å². The number of ether oxygens (including phenoxy) is 7. The molecular weight excluding hydrogens is 760 g/mol. The maximum Gasteiger partial charge on any atom is 0.407 e. The van der Waals surface area contributed by atoms with Crippen molar-refractivity contribution >= 4 is 45.7 Å². The lowest BCUT2D eigenvalue weighted by Gasteiger charge is -2.31. The average molecular weight is 805 g/mol. The van der Waals surface area contributed by atoms with E-state index in [-0.39, 0.29) is 75.5 Å². The second-order valence-electron chi connectivity index (χ2n) is 13.5. The van der Waals surface area contributed by atoms with Crippen LogP contribution >= 0.6 is 0 Å². The summed E-state index contributed by atoms with van der Waals surface area (Å²) in [6.07, 6.45) is -1.32. The zero-order valence-electron chi connectivity index (χ0n) is 32.7. The molecular formula is C45H44N2O12. The molecule has 0 bridgehead atoms. The highest BCUT2D eigenvalue weighted by Crippen LogP contribution is 2.52. The summed E-state index contributed by atoms with van der Waals surface area (Å²) in [4.78, 5) is 47.0. The Morgan fingerprint density at radius 1 is 0.593 bits per heavy atom. The van der Waals surface area contributed by atoms with Gasteiger partial charge in [-0.2, -0.15) is 0 Å². The molecule has 1 aliphatic heterocycles. The molecule has 3 N–H and O–H groups in total. The van der Waals surface area contributed by atoms with E-state index in [1.807, 2.05) is 72.8 Å². The Hall–Kier alpha value is -7.22. The topological polar surface area (TPSA) is 177 Å². The van der Waals surface area contributed by atoms with E-state index in [0.29, 0.717) is 23.0 Å². The van der Waals surface area contributed by atoms with Crippen LogP contribution in [0.15, 0.2) is 109 Å². The Labute approximate surface area is 340 Å². The molecule has 6 rings (SSSR count). The van der Waals surface area contributed by atoms with E-state index in [2.05, 4.69) is 23.8 Å². The number of hydrogen-bond acceptors (Lipinski definition) is 12. The molecule has 0 unspecified atom stereocenters. The molecule has 2 amide bonds. The van der Waals surface area contributed by atoms with Gasteiger partial charge >= 0.3 is 24.1 Å². The number of hydrogen-bond donors (Lipinski definition) is 3. The Morgan fingerprint density at radius 3 is 1.49 bits per heavy atom. The quantitative estimate of drug-likeness (QED) is 0.0360. The van der Waals surface area contributed by atoms with Gasteiger partial charge in [-0.1, -0.05) is 49.6 Å². The third-order valence-electron chi connectivity index (χ3n) is 9.09. The fourth-order valence-electron chi connectivity index (χ4n) is 6.37. The first kappa shape index (κ1) is 41.4. The highest BCUT2D eigenvalue weighted by Gasteiger charge is 2.32. The van der Waals surface area contributed by atoms with E-state index < -0.39 is 24.1 Å². The van der Waals surface area contributed by atoms with Gasteiger partial charge in [0.05, 0.1) is 13.1 Å². The number of benzene rings is 5. The zero-order valence-corrected chi connectivity index (χ0v) is 32.7. The number of alkyl carbamates (subject to hydrolysis) is 2. The molecule has 5 aromatic carbocycles. The van der Waals surface area contributed by atoms with Crippen molar-refractivity contribution < 1.29 is 57.4 Å². The molecule has 306 valence electrons. The van der Waals surface area contributed by atoms with Crippen LogP contribution in [0.4, 0.5) is 9.59 Å². The number of carbonyl (C=O) groups excluding carboxylic acids is 4. The van der Waals surface area contributed by atoms with Crippen LogP contribution in [0.3, 0.4) is 0 Å². The average Bonchev–Trinajstić information content (AvgIpc) is 3.23. The van der Waals surface area contributed by atoms with E-state index in [9.17, 15) is 24.3 Å². The van der Waals surface area contributed by atoms with Crippen LogP contribution in [-0.4, -0.2) is 82.0 Å². The molecule has 0 spiro atoms. The van der Waals surface area contributed by atoms with Crippen molar-refractivity contribution in [2.24, 2.45) is 0 Å². The minimum absolute atomic E-state index is 0.00335. The molecule has 5 aromatic rings. The molecule has 0 atom stereocenters. The fraction of sp³-hybridized carbons (Fsp3) is 0.244. The number of nitrogens with one attached hydrogen (secondary N) is 2. The Bertz CT molecular complexity index is 2250. The smallest absolute Gasteiger partial charge is 0.407 e.